The Labute approximate surface area is 168 Å². The molecule has 1 aromatic carbocycles. The average molecular weight is 384 g/mol. The molecule has 2 atom stereocenters. The van der Waals surface area contributed by atoms with Crippen molar-refractivity contribution in [2.24, 2.45) is 17.3 Å². The van der Waals surface area contributed by atoms with E-state index in [0.29, 0.717) is 11.8 Å². The van der Waals surface area contributed by atoms with Gasteiger partial charge in [0.05, 0.1) is 5.41 Å². The molecule has 5 heteroatoms. The second-order valence-corrected chi connectivity index (χ2v) is 9.19. The summed E-state index contributed by atoms with van der Waals surface area (Å²) in [5, 5.41) is 6.63. The highest BCUT2D eigenvalue weighted by molar-refractivity contribution is 5.98. The minimum Gasteiger partial charge on any atom is -0.339 e. The first-order valence-corrected chi connectivity index (χ1v) is 10.9. The number of nitrogens with zero attached hydrogens (tertiary/aromatic N) is 1. The lowest BCUT2D eigenvalue weighted by Gasteiger charge is -2.37. The van der Waals surface area contributed by atoms with Gasteiger partial charge < -0.3 is 15.5 Å². The van der Waals surface area contributed by atoms with E-state index in [1.165, 1.54) is 6.42 Å². The lowest BCUT2D eigenvalue weighted by molar-refractivity contribution is -0.128. The highest BCUT2D eigenvalue weighted by Crippen LogP contribution is 2.44. The van der Waals surface area contributed by atoms with E-state index in [2.05, 4.69) is 17.6 Å². The van der Waals surface area contributed by atoms with Gasteiger partial charge in [-0.25, -0.2) is 0 Å². The van der Waals surface area contributed by atoms with Gasteiger partial charge in [-0.3, -0.25) is 9.59 Å². The van der Waals surface area contributed by atoms with Crippen molar-refractivity contribution in [3.63, 3.8) is 0 Å². The number of likely N-dealkylation sites (tertiary alicyclic amines) is 1. The minimum atomic E-state index is -0.260. The first-order chi connectivity index (χ1) is 13.5. The fraction of sp³-hybridized carbons (Fsp3) is 0.652. The first kappa shape index (κ1) is 19.4. The molecule has 2 amide bonds. The molecule has 2 aliphatic heterocycles. The second-order valence-electron chi connectivity index (χ2n) is 9.19. The van der Waals surface area contributed by atoms with Crippen molar-refractivity contribution in [1.82, 2.24) is 10.2 Å². The van der Waals surface area contributed by atoms with Crippen molar-refractivity contribution in [2.45, 2.75) is 52.4 Å². The molecular weight excluding hydrogens is 350 g/mol. The Kier molecular flexibility index (Phi) is 5.46. The van der Waals surface area contributed by atoms with E-state index in [4.69, 9.17) is 0 Å². The summed E-state index contributed by atoms with van der Waals surface area (Å²) in [6.07, 6.45) is 6.63. The Bertz CT molecular complexity index is 754. The zero-order chi connectivity index (χ0) is 19.7. The average Bonchev–Trinajstić information content (AvgIpc) is 3.15. The maximum Gasteiger partial charge on any atom is 0.253 e. The van der Waals surface area contributed by atoms with Crippen molar-refractivity contribution in [2.75, 3.05) is 31.5 Å². The Morgan fingerprint density at radius 2 is 1.96 bits per heavy atom. The smallest absolute Gasteiger partial charge is 0.253 e. The summed E-state index contributed by atoms with van der Waals surface area (Å²) < 4.78 is 0. The van der Waals surface area contributed by atoms with Gasteiger partial charge in [-0.15, -0.1) is 0 Å². The van der Waals surface area contributed by atoms with Gasteiger partial charge in [0.25, 0.3) is 5.91 Å². The Morgan fingerprint density at radius 1 is 1.18 bits per heavy atom. The van der Waals surface area contributed by atoms with E-state index in [1.807, 2.05) is 30.0 Å². The third-order valence-corrected chi connectivity index (χ3v) is 7.28. The number of fused-ring (bicyclic) bond motifs is 1. The largest absolute Gasteiger partial charge is 0.339 e. The van der Waals surface area contributed by atoms with Crippen LogP contribution in [0.2, 0.25) is 0 Å². The van der Waals surface area contributed by atoms with Gasteiger partial charge >= 0.3 is 0 Å². The maximum atomic E-state index is 13.2. The lowest BCUT2D eigenvalue weighted by atomic mass is 9.67. The molecule has 3 fully saturated rings. The SMILES string of the molecule is Cc1cc(C(=O)N2CCC(C)CC2)ccc1NC(=O)[C@@]12CCCC[C@H]1CNC2. The van der Waals surface area contributed by atoms with E-state index in [0.717, 1.165) is 75.1 Å². The van der Waals surface area contributed by atoms with Gasteiger partial charge in [-0.2, -0.15) is 0 Å². The van der Waals surface area contributed by atoms with Crippen molar-refractivity contribution in [3.05, 3.63) is 29.3 Å². The highest BCUT2D eigenvalue weighted by atomic mass is 16.2. The van der Waals surface area contributed by atoms with Crippen molar-refractivity contribution in [3.8, 4) is 0 Å². The van der Waals surface area contributed by atoms with Crippen LogP contribution in [-0.4, -0.2) is 42.9 Å². The number of anilines is 1. The molecule has 3 aliphatic rings. The second kappa shape index (κ2) is 7.86. The number of rotatable bonds is 3. The third kappa shape index (κ3) is 3.57. The minimum absolute atomic E-state index is 0.110. The molecule has 4 rings (SSSR count). The molecule has 2 N–H and O–H groups in total. The quantitative estimate of drug-likeness (QED) is 0.839. The molecule has 0 spiro atoms. The summed E-state index contributed by atoms with van der Waals surface area (Å²) in [5.74, 6) is 1.41. The Morgan fingerprint density at radius 3 is 2.71 bits per heavy atom. The molecule has 1 aromatic rings. The molecule has 28 heavy (non-hydrogen) atoms. The summed E-state index contributed by atoms with van der Waals surface area (Å²) >= 11 is 0. The van der Waals surface area contributed by atoms with Crippen molar-refractivity contribution < 1.29 is 9.59 Å². The summed E-state index contributed by atoms with van der Waals surface area (Å²) in [7, 11) is 0. The van der Waals surface area contributed by atoms with Crippen LogP contribution in [0.25, 0.3) is 0 Å². The summed E-state index contributed by atoms with van der Waals surface area (Å²) in [5.41, 5.74) is 2.25. The van der Waals surface area contributed by atoms with Gasteiger partial charge in [0.15, 0.2) is 0 Å². The van der Waals surface area contributed by atoms with Crippen LogP contribution < -0.4 is 10.6 Å². The summed E-state index contributed by atoms with van der Waals surface area (Å²) in [6.45, 7) is 7.65. The molecule has 0 aromatic heterocycles. The first-order valence-electron chi connectivity index (χ1n) is 10.9. The molecule has 1 aliphatic carbocycles. The van der Waals surface area contributed by atoms with Crippen molar-refractivity contribution >= 4 is 17.5 Å². The van der Waals surface area contributed by atoms with Crippen LogP contribution in [0.15, 0.2) is 18.2 Å². The number of benzene rings is 1. The molecule has 2 heterocycles. The van der Waals surface area contributed by atoms with Crippen LogP contribution in [0.3, 0.4) is 0 Å². The zero-order valence-electron chi connectivity index (χ0n) is 17.2. The number of carbonyl (C=O) groups is 2. The topological polar surface area (TPSA) is 61.4 Å². The van der Waals surface area contributed by atoms with Gasteiger partial charge in [-0.1, -0.05) is 19.8 Å². The molecule has 5 nitrogen and oxygen atoms in total. The molecule has 1 saturated carbocycles. The summed E-state index contributed by atoms with van der Waals surface area (Å²) in [4.78, 5) is 28.0. The predicted octanol–water partition coefficient (Wildman–Crippen LogP) is 3.59. The van der Waals surface area contributed by atoms with E-state index >= 15 is 0 Å². The van der Waals surface area contributed by atoms with E-state index in [1.54, 1.807) is 0 Å². The fourth-order valence-electron chi connectivity index (χ4n) is 5.27. The third-order valence-electron chi connectivity index (χ3n) is 7.28. The molecule has 152 valence electrons. The number of hydrogen-bond donors (Lipinski definition) is 2. The number of carbonyl (C=O) groups excluding carboxylic acids is 2. The Hall–Kier alpha value is -1.88. The Balaban J connectivity index is 1.46. The van der Waals surface area contributed by atoms with Crippen LogP contribution in [-0.2, 0) is 4.79 Å². The molecule has 0 unspecified atom stereocenters. The summed E-state index contributed by atoms with van der Waals surface area (Å²) in [6, 6.07) is 5.70. The lowest BCUT2D eigenvalue weighted by Crippen LogP contribution is -2.44. The van der Waals surface area contributed by atoms with E-state index in [-0.39, 0.29) is 17.2 Å². The normalized spacial score (nSPS) is 28.1. The number of amides is 2. The van der Waals surface area contributed by atoms with Gasteiger partial charge in [0.1, 0.15) is 0 Å². The predicted molar refractivity (Wildman–Crippen MR) is 111 cm³/mol. The molecular formula is C23H33N3O2. The highest BCUT2D eigenvalue weighted by Gasteiger charge is 2.49. The number of hydrogen-bond acceptors (Lipinski definition) is 3. The van der Waals surface area contributed by atoms with Crippen LogP contribution >= 0.6 is 0 Å². The van der Waals surface area contributed by atoms with E-state index in [9.17, 15) is 9.59 Å². The van der Waals surface area contributed by atoms with Crippen molar-refractivity contribution in [1.29, 1.82) is 0 Å². The molecule has 0 bridgehead atoms. The van der Waals surface area contributed by atoms with Crippen LogP contribution in [0.1, 0.15) is 61.4 Å². The monoisotopic (exact) mass is 383 g/mol. The van der Waals surface area contributed by atoms with E-state index < -0.39 is 0 Å². The number of piperidine rings is 1. The zero-order valence-corrected chi connectivity index (χ0v) is 17.2. The molecule has 0 radical (unpaired) electrons. The fourth-order valence-corrected chi connectivity index (χ4v) is 5.27. The van der Waals surface area contributed by atoms with Crippen LogP contribution in [0.4, 0.5) is 5.69 Å². The number of nitrogens with one attached hydrogen (secondary N) is 2. The van der Waals surface area contributed by atoms with Crippen LogP contribution in [0, 0.1) is 24.2 Å². The van der Waals surface area contributed by atoms with Crippen LogP contribution in [0.5, 0.6) is 0 Å². The van der Waals surface area contributed by atoms with Gasteiger partial charge in [0, 0.05) is 30.9 Å². The van der Waals surface area contributed by atoms with Gasteiger partial charge in [-0.05, 0) is 74.8 Å². The molecule has 2 saturated heterocycles. The standard InChI is InChI=1S/C23H33N3O2/c1-16-8-11-26(12-9-16)21(27)18-6-7-20(17(2)13-18)25-22(28)23-10-4-3-5-19(23)14-24-15-23/h6-7,13,16,19,24H,3-5,8-12,14-15H2,1-2H3,(H,25,28)/t19-,23+/m0/s1. The maximum absolute atomic E-state index is 13.2. The van der Waals surface area contributed by atoms with Gasteiger partial charge in [0.2, 0.25) is 5.91 Å². The number of aryl methyl sites for hydroxylation is 1.